The number of rotatable bonds is 7. The molecule has 1 aliphatic rings. The Morgan fingerprint density at radius 1 is 1.41 bits per heavy atom. The second-order valence-electron chi connectivity index (χ2n) is 5.28. The van der Waals surface area contributed by atoms with E-state index in [0.29, 0.717) is 25.1 Å². The quantitative estimate of drug-likeness (QED) is 0.735. The number of para-hydroxylation sites is 2. The number of hydrogen-bond acceptors (Lipinski definition) is 4. The summed E-state index contributed by atoms with van der Waals surface area (Å²) in [7, 11) is 3.43. The number of ether oxygens (including phenoxy) is 1. The van der Waals surface area contributed by atoms with Crippen LogP contribution < -0.4 is 20.3 Å². The number of hydrogen-bond donors (Lipinski definition) is 2. The van der Waals surface area contributed by atoms with Crippen LogP contribution in [-0.4, -0.2) is 45.1 Å². The first kappa shape index (κ1) is 16.3. The highest BCUT2D eigenvalue weighted by molar-refractivity contribution is 6.02. The predicted octanol–water partition coefficient (Wildman–Crippen LogP) is 0.916. The van der Waals surface area contributed by atoms with E-state index in [4.69, 9.17) is 4.74 Å². The van der Waals surface area contributed by atoms with Gasteiger partial charge < -0.3 is 20.3 Å². The molecule has 1 saturated heterocycles. The van der Waals surface area contributed by atoms with Crippen molar-refractivity contribution in [3.63, 3.8) is 0 Å². The molecule has 6 nitrogen and oxygen atoms in total. The fourth-order valence-corrected chi connectivity index (χ4v) is 2.60. The van der Waals surface area contributed by atoms with Crippen LogP contribution in [0.3, 0.4) is 0 Å². The third kappa shape index (κ3) is 3.76. The maximum Gasteiger partial charge on any atom is 0.249 e. The average Bonchev–Trinajstić information content (AvgIpc) is 2.88. The van der Waals surface area contributed by atoms with Gasteiger partial charge in [0.2, 0.25) is 11.8 Å². The van der Waals surface area contributed by atoms with Crippen LogP contribution in [0.5, 0.6) is 5.75 Å². The molecule has 120 valence electrons. The van der Waals surface area contributed by atoms with Crippen LogP contribution in [0.4, 0.5) is 5.69 Å². The number of methoxy groups -OCH3 is 1. The molecule has 0 bridgehead atoms. The van der Waals surface area contributed by atoms with Crippen LogP contribution in [0.1, 0.15) is 19.3 Å². The molecule has 2 amide bonds. The largest absolute Gasteiger partial charge is 0.495 e. The molecule has 0 saturated carbocycles. The lowest BCUT2D eigenvalue weighted by Gasteiger charge is -2.19. The number of nitrogens with one attached hydrogen (secondary N) is 2. The smallest absolute Gasteiger partial charge is 0.249 e. The summed E-state index contributed by atoms with van der Waals surface area (Å²) in [6.45, 7) is 1.38. The summed E-state index contributed by atoms with van der Waals surface area (Å²) in [6, 6.07) is 6.98. The van der Waals surface area contributed by atoms with Gasteiger partial charge in [-0.15, -0.1) is 0 Å². The van der Waals surface area contributed by atoms with Crippen LogP contribution in [0.15, 0.2) is 24.3 Å². The summed E-state index contributed by atoms with van der Waals surface area (Å²) >= 11 is 0. The molecule has 22 heavy (non-hydrogen) atoms. The monoisotopic (exact) mass is 305 g/mol. The van der Waals surface area contributed by atoms with Gasteiger partial charge in [-0.25, -0.2) is 0 Å². The Hall–Kier alpha value is -2.08. The fraction of sp³-hybridized carbons (Fsp3) is 0.500. The molecule has 1 fully saturated rings. The van der Waals surface area contributed by atoms with Gasteiger partial charge in [0.05, 0.1) is 12.8 Å². The molecule has 1 unspecified atom stereocenters. The maximum atomic E-state index is 12.5. The third-order valence-corrected chi connectivity index (χ3v) is 3.75. The van der Waals surface area contributed by atoms with E-state index in [1.165, 1.54) is 0 Å². The lowest BCUT2D eigenvalue weighted by Crippen LogP contribution is -2.41. The zero-order valence-corrected chi connectivity index (χ0v) is 13.1. The van der Waals surface area contributed by atoms with Crippen LogP contribution in [0.2, 0.25) is 0 Å². The molecule has 0 aromatic heterocycles. The van der Waals surface area contributed by atoms with Crippen LogP contribution in [0.25, 0.3) is 0 Å². The summed E-state index contributed by atoms with van der Waals surface area (Å²) in [6.07, 6.45) is 1.81. The molecule has 2 rings (SSSR count). The van der Waals surface area contributed by atoms with Crippen molar-refractivity contribution in [3.8, 4) is 5.75 Å². The zero-order valence-electron chi connectivity index (χ0n) is 13.1. The van der Waals surface area contributed by atoms with E-state index in [2.05, 4.69) is 10.6 Å². The van der Waals surface area contributed by atoms with Gasteiger partial charge in [-0.2, -0.15) is 0 Å². The fourth-order valence-electron chi connectivity index (χ4n) is 2.60. The molecule has 6 heteroatoms. The van der Waals surface area contributed by atoms with Gasteiger partial charge in [0.15, 0.2) is 0 Å². The van der Waals surface area contributed by atoms with Crippen LogP contribution in [-0.2, 0) is 9.59 Å². The molecule has 1 heterocycles. The number of anilines is 1. The number of carbonyl (C=O) groups excluding carboxylic acids is 2. The van der Waals surface area contributed by atoms with E-state index in [-0.39, 0.29) is 11.8 Å². The zero-order chi connectivity index (χ0) is 15.9. The first-order valence-electron chi connectivity index (χ1n) is 7.55. The Balaban J connectivity index is 1.96. The highest BCUT2D eigenvalue weighted by Gasteiger charge is 2.34. The van der Waals surface area contributed by atoms with Crippen molar-refractivity contribution in [2.45, 2.75) is 25.3 Å². The number of amides is 2. The molecule has 1 atom stereocenters. The van der Waals surface area contributed by atoms with Crippen molar-refractivity contribution in [2.75, 3.05) is 32.1 Å². The standard InChI is InChI=1S/C16H23N3O3/c1-17-10-5-8-15(20)18-12-9-11-19(16(12)21)13-6-3-4-7-14(13)22-2/h3-4,6-7,12,17H,5,8-11H2,1-2H3,(H,18,20). The van der Waals surface area contributed by atoms with E-state index in [9.17, 15) is 9.59 Å². The Kier molecular flexibility index (Phi) is 5.77. The van der Waals surface area contributed by atoms with Crippen molar-refractivity contribution < 1.29 is 14.3 Å². The van der Waals surface area contributed by atoms with Gasteiger partial charge >= 0.3 is 0 Å². The Labute approximate surface area is 130 Å². The summed E-state index contributed by atoms with van der Waals surface area (Å²) < 4.78 is 5.30. The minimum atomic E-state index is -0.438. The van der Waals surface area contributed by atoms with Gasteiger partial charge in [0, 0.05) is 13.0 Å². The van der Waals surface area contributed by atoms with Gasteiger partial charge in [0.25, 0.3) is 0 Å². The van der Waals surface area contributed by atoms with Gasteiger partial charge in [-0.05, 0) is 38.6 Å². The normalized spacial score (nSPS) is 17.6. The number of carbonyl (C=O) groups is 2. The molecule has 0 radical (unpaired) electrons. The first-order valence-corrected chi connectivity index (χ1v) is 7.55. The third-order valence-electron chi connectivity index (χ3n) is 3.75. The highest BCUT2D eigenvalue weighted by Crippen LogP contribution is 2.30. The predicted molar refractivity (Wildman–Crippen MR) is 85.1 cm³/mol. The Morgan fingerprint density at radius 2 is 2.18 bits per heavy atom. The lowest BCUT2D eigenvalue weighted by molar-refractivity contribution is -0.126. The van der Waals surface area contributed by atoms with Crippen molar-refractivity contribution >= 4 is 17.5 Å². The topological polar surface area (TPSA) is 70.7 Å². The molecule has 0 aliphatic carbocycles. The average molecular weight is 305 g/mol. The minimum absolute atomic E-state index is 0.0736. The van der Waals surface area contributed by atoms with Gasteiger partial charge in [-0.3, -0.25) is 9.59 Å². The van der Waals surface area contributed by atoms with Crippen molar-refractivity contribution in [1.29, 1.82) is 0 Å². The summed E-state index contributed by atoms with van der Waals surface area (Å²) in [5, 5.41) is 5.82. The van der Waals surface area contributed by atoms with E-state index in [1.807, 2.05) is 31.3 Å². The molecule has 1 aromatic rings. The minimum Gasteiger partial charge on any atom is -0.495 e. The summed E-state index contributed by atoms with van der Waals surface area (Å²) in [5.41, 5.74) is 0.752. The van der Waals surface area contributed by atoms with Gasteiger partial charge in [-0.1, -0.05) is 12.1 Å². The molecular formula is C16H23N3O3. The molecule has 1 aliphatic heterocycles. The summed E-state index contributed by atoms with van der Waals surface area (Å²) in [5.74, 6) is 0.513. The van der Waals surface area contributed by atoms with E-state index < -0.39 is 6.04 Å². The van der Waals surface area contributed by atoms with E-state index >= 15 is 0 Å². The number of nitrogens with zero attached hydrogens (tertiary/aromatic N) is 1. The second-order valence-corrected chi connectivity index (χ2v) is 5.28. The molecule has 1 aromatic carbocycles. The maximum absolute atomic E-state index is 12.5. The van der Waals surface area contributed by atoms with Crippen LogP contribution in [0, 0.1) is 0 Å². The summed E-state index contributed by atoms with van der Waals surface area (Å²) in [4.78, 5) is 26.0. The van der Waals surface area contributed by atoms with E-state index in [0.717, 1.165) is 18.7 Å². The highest BCUT2D eigenvalue weighted by atomic mass is 16.5. The van der Waals surface area contributed by atoms with Gasteiger partial charge in [0.1, 0.15) is 11.8 Å². The van der Waals surface area contributed by atoms with E-state index in [1.54, 1.807) is 12.0 Å². The number of benzene rings is 1. The first-order chi connectivity index (χ1) is 10.7. The Bertz CT molecular complexity index is 533. The van der Waals surface area contributed by atoms with Crippen molar-refractivity contribution in [3.05, 3.63) is 24.3 Å². The molecule has 0 spiro atoms. The lowest BCUT2D eigenvalue weighted by atomic mass is 10.2. The van der Waals surface area contributed by atoms with Crippen molar-refractivity contribution in [2.24, 2.45) is 0 Å². The second kappa shape index (κ2) is 7.79. The molecular weight excluding hydrogens is 282 g/mol. The van der Waals surface area contributed by atoms with Crippen LogP contribution >= 0.6 is 0 Å². The van der Waals surface area contributed by atoms with Crippen molar-refractivity contribution in [1.82, 2.24) is 10.6 Å². The molecule has 2 N–H and O–H groups in total. The SMILES string of the molecule is CNCCCC(=O)NC1CCN(c2ccccc2OC)C1=O. The Morgan fingerprint density at radius 3 is 2.91 bits per heavy atom.